The van der Waals surface area contributed by atoms with Gasteiger partial charge in [-0.1, -0.05) is 0 Å². The van der Waals surface area contributed by atoms with Crippen LogP contribution in [-0.4, -0.2) is 14.5 Å². The summed E-state index contributed by atoms with van der Waals surface area (Å²) in [7, 11) is -0.0131. The molecule has 0 spiro atoms. The number of ether oxygens (including phenoxy) is 1. The van der Waals surface area contributed by atoms with Crippen LogP contribution in [0.2, 0.25) is 0 Å². The summed E-state index contributed by atoms with van der Waals surface area (Å²) < 4.78 is 76.7. The first kappa shape index (κ1) is 14.5. The van der Waals surface area contributed by atoms with Crippen LogP contribution in [0.4, 0.5) is 22.4 Å². The average Bonchev–Trinajstić information content (AvgIpc) is 2.19. The Kier molecular flexibility index (Phi) is 4.02. The fourth-order valence-electron chi connectivity index (χ4n) is 0.854. The second-order valence-electron chi connectivity index (χ2n) is 2.73. The zero-order chi connectivity index (χ0) is 14.1. The summed E-state index contributed by atoms with van der Waals surface area (Å²) in [5.41, 5.74) is 0. The molecule has 0 aromatic heterocycles. The van der Waals surface area contributed by atoms with Gasteiger partial charge in [0.15, 0.2) is 11.6 Å². The highest BCUT2D eigenvalue weighted by molar-refractivity contribution is 8.12. The Labute approximate surface area is 102 Å². The van der Waals surface area contributed by atoms with E-state index >= 15 is 0 Å². The molecule has 0 atom stereocenters. The van der Waals surface area contributed by atoms with E-state index in [1.807, 2.05) is 0 Å². The van der Waals surface area contributed by atoms with E-state index in [9.17, 15) is 30.8 Å². The zero-order valence-corrected chi connectivity index (χ0v) is 9.58. The van der Waals surface area contributed by atoms with Gasteiger partial charge >= 0.3 is 15.3 Å². The molecule has 0 aliphatic carbocycles. The van der Waals surface area contributed by atoms with Gasteiger partial charge in [0.25, 0.3) is 0 Å². The Morgan fingerprint density at radius 2 is 1.61 bits per heavy atom. The Morgan fingerprint density at radius 3 is 2.00 bits per heavy atom. The summed E-state index contributed by atoms with van der Waals surface area (Å²) >= 11 is 0. The van der Waals surface area contributed by atoms with E-state index in [0.717, 1.165) is 4.72 Å². The fraction of sp³-hybridized carbons (Fsp3) is 0. The van der Waals surface area contributed by atoms with E-state index < -0.39 is 44.3 Å². The molecule has 1 aromatic carbocycles. The van der Waals surface area contributed by atoms with Crippen molar-refractivity contribution < 1.29 is 35.5 Å². The molecule has 0 radical (unpaired) electrons. The van der Waals surface area contributed by atoms with E-state index in [1.54, 1.807) is 0 Å². The Hall–Kier alpha value is -1.55. The summed E-state index contributed by atoms with van der Waals surface area (Å²) in [6.07, 6.45) is -1.94. The third-order valence-corrected chi connectivity index (χ3v) is 2.11. The minimum absolute atomic E-state index is 0.117. The van der Waals surface area contributed by atoms with Crippen LogP contribution in [0, 0.1) is 23.3 Å². The lowest BCUT2D eigenvalue weighted by atomic mass is 10.3. The lowest BCUT2D eigenvalue weighted by molar-refractivity contribution is 0.201. The van der Waals surface area contributed by atoms with Crippen LogP contribution < -0.4 is 9.46 Å². The van der Waals surface area contributed by atoms with Crippen molar-refractivity contribution in [3.05, 3.63) is 29.3 Å². The molecule has 0 saturated carbocycles. The smallest absolute Gasteiger partial charge is 0.403 e. The number of nitrogens with one attached hydrogen (secondary N) is 1. The molecule has 0 fully saturated rings. The number of hydrogen-bond donors (Lipinski definition) is 1. The number of halogens is 5. The van der Waals surface area contributed by atoms with E-state index in [2.05, 4.69) is 15.4 Å². The highest BCUT2D eigenvalue weighted by Crippen LogP contribution is 2.26. The number of rotatable bonds is 2. The van der Waals surface area contributed by atoms with Crippen molar-refractivity contribution in [3.63, 3.8) is 0 Å². The van der Waals surface area contributed by atoms with Crippen molar-refractivity contribution in [2.45, 2.75) is 0 Å². The monoisotopic (exact) mass is 307 g/mol. The predicted molar refractivity (Wildman–Crippen MR) is 50.2 cm³/mol. The first-order chi connectivity index (χ1) is 8.11. The summed E-state index contributed by atoms with van der Waals surface area (Å²) in [6, 6.07) is -0.117. The van der Waals surface area contributed by atoms with Gasteiger partial charge in [-0.2, -0.15) is 17.2 Å². The Morgan fingerprint density at radius 1 is 1.17 bits per heavy atom. The van der Waals surface area contributed by atoms with Gasteiger partial charge in [0.2, 0.25) is 17.4 Å². The molecule has 0 saturated heterocycles. The summed E-state index contributed by atoms with van der Waals surface area (Å²) in [6.45, 7) is 0. The third kappa shape index (κ3) is 3.47. The minimum Gasteiger partial charge on any atom is -0.403 e. The van der Waals surface area contributed by atoms with Crippen molar-refractivity contribution >= 4 is 26.0 Å². The van der Waals surface area contributed by atoms with Gasteiger partial charge in [-0.05, 0) is 0 Å². The highest BCUT2D eigenvalue weighted by Gasteiger charge is 2.24. The number of benzene rings is 1. The maximum absolute atomic E-state index is 13.0. The quantitative estimate of drug-likeness (QED) is 0.514. The highest BCUT2D eigenvalue weighted by atomic mass is 35.7. The first-order valence-electron chi connectivity index (χ1n) is 3.89. The molecule has 0 aliphatic heterocycles. The lowest BCUT2D eigenvalue weighted by Crippen LogP contribution is -2.30. The van der Waals surface area contributed by atoms with Gasteiger partial charge in [0.05, 0.1) is 0 Å². The maximum Gasteiger partial charge on any atom is 0.427 e. The Balaban J connectivity index is 3.09. The number of carbonyl (C=O) groups excluding carboxylic acids is 1. The standard InChI is InChI=1S/C7H2ClF4NO4S/c8-18(15,16)13-7(14)17-6-4(11)2(9)1-3(10)5(6)12/h1H,(H,13,14). The van der Waals surface area contributed by atoms with E-state index in [4.69, 9.17) is 0 Å². The van der Waals surface area contributed by atoms with Crippen LogP contribution in [-0.2, 0) is 9.24 Å². The van der Waals surface area contributed by atoms with Gasteiger partial charge in [-0.25, -0.2) is 18.3 Å². The fourth-order valence-corrected chi connectivity index (χ4v) is 1.28. The van der Waals surface area contributed by atoms with Crippen LogP contribution in [0.15, 0.2) is 6.07 Å². The number of carbonyl (C=O) groups is 1. The number of amides is 1. The average molecular weight is 308 g/mol. The molecular formula is C7H2ClF4NO4S. The summed E-state index contributed by atoms with van der Waals surface area (Å²) in [4.78, 5) is 10.8. The van der Waals surface area contributed by atoms with Gasteiger partial charge in [-0.3, -0.25) is 0 Å². The largest absolute Gasteiger partial charge is 0.427 e. The molecule has 11 heteroatoms. The normalized spacial score (nSPS) is 11.2. The molecule has 0 aliphatic rings. The van der Waals surface area contributed by atoms with Gasteiger partial charge < -0.3 is 4.74 Å². The first-order valence-corrected chi connectivity index (χ1v) is 6.20. The predicted octanol–water partition coefficient (Wildman–Crippen LogP) is 1.82. The van der Waals surface area contributed by atoms with Gasteiger partial charge in [-0.15, -0.1) is 0 Å². The SMILES string of the molecule is O=C(NS(=O)(=O)Cl)Oc1c(F)c(F)cc(F)c1F. The van der Waals surface area contributed by atoms with Crippen LogP contribution in [0.5, 0.6) is 5.75 Å². The van der Waals surface area contributed by atoms with Crippen molar-refractivity contribution in [2.24, 2.45) is 0 Å². The van der Waals surface area contributed by atoms with Gasteiger partial charge in [0.1, 0.15) is 0 Å². The second kappa shape index (κ2) is 4.98. The summed E-state index contributed by atoms with van der Waals surface area (Å²) in [5, 5.41) is 0. The molecule has 0 bridgehead atoms. The van der Waals surface area contributed by atoms with E-state index in [0.29, 0.717) is 0 Å². The summed E-state index contributed by atoms with van der Waals surface area (Å²) in [5.74, 6) is -9.40. The molecule has 1 amide bonds. The van der Waals surface area contributed by atoms with Crippen LogP contribution >= 0.6 is 10.7 Å². The third-order valence-electron chi connectivity index (χ3n) is 1.47. The van der Waals surface area contributed by atoms with Crippen LogP contribution in [0.3, 0.4) is 0 Å². The lowest BCUT2D eigenvalue weighted by Gasteiger charge is -2.07. The van der Waals surface area contributed by atoms with Gasteiger partial charge in [0, 0.05) is 16.7 Å². The van der Waals surface area contributed by atoms with Crippen LogP contribution in [0.1, 0.15) is 0 Å². The molecule has 5 nitrogen and oxygen atoms in total. The molecule has 100 valence electrons. The molecule has 0 unspecified atom stereocenters. The molecule has 1 rings (SSSR count). The molecule has 1 aromatic rings. The molecule has 18 heavy (non-hydrogen) atoms. The Bertz CT molecular complexity index is 580. The molecule has 1 N–H and O–H groups in total. The van der Waals surface area contributed by atoms with Crippen molar-refractivity contribution in [1.82, 2.24) is 4.72 Å². The zero-order valence-electron chi connectivity index (χ0n) is 8.01. The second-order valence-corrected chi connectivity index (χ2v) is 5.03. The minimum atomic E-state index is -4.57. The van der Waals surface area contributed by atoms with Crippen molar-refractivity contribution in [1.29, 1.82) is 0 Å². The van der Waals surface area contributed by atoms with E-state index in [1.165, 1.54) is 0 Å². The number of hydrogen-bond acceptors (Lipinski definition) is 4. The molecular weight excluding hydrogens is 306 g/mol. The topological polar surface area (TPSA) is 72.5 Å². The van der Waals surface area contributed by atoms with Crippen LogP contribution in [0.25, 0.3) is 0 Å². The van der Waals surface area contributed by atoms with E-state index in [-0.39, 0.29) is 6.07 Å². The molecule has 0 heterocycles. The van der Waals surface area contributed by atoms with Crippen molar-refractivity contribution in [3.8, 4) is 5.75 Å². The maximum atomic E-state index is 13.0. The van der Waals surface area contributed by atoms with Crippen molar-refractivity contribution in [2.75, 3.05) is 0 Å².